The van der Waals surface area contributed by atoms with Crippen molar-refractivity contribution in [1.29, 1.82) is 0 Å². The molecule has 2 saturated heterocycles. The Labute approximate surface area is 418 Å². The summed E-state index contributed by atoms with van der Waals surface area (Å²) in [5.41, 5.74) is 1.28. The minimum absolute atomic E-state index is 0.0195. The Morgan fingerprint density at radius 3 is 2.27 bits per heavy atom. The zero-order valence-corrected chi connectivity index (χ0v) is 44.1. The molecule has 15 nitrogen and oxygen atoms in total. The third kappa shape index (κ3) is 16.3. The van der Waals surface area contributed by atoms with Crippen molar-refractivity contribution in [3.05, 3.63) is 47.6 Å². The van der Waals surface area contributed by atoms with Gasteiger partial charge in [0.1, 0.15) is 30.1 Å². The Morgan fingerprint density at radius 2 is 1.59 bits per heavy atom. The van der Waals surface area contributed by atoms with Gasteiger partial charge in [0.05, 0.1) is 37.6 Å². The first-order chi connectivity index (χ1) is 33.3. The number of cyclic esters (lactones) is 1. The number of ketones is 3. The van der Waals surface area contributed by atoms with Gasteiger partial charge in [-0.15, -0.1) is 0 Å². The molecule has 15 heteroatoms. The van der Waals surface area contributed by atoms with E-state index < -0.39 is 77.8 Å². The SMILES string of the molecule is CCOCCO[C@@H]1CC[C@@H](C[C@@H](C)[C@@H]2CC(=O)[C@H](C)/C=C(/C)[C@@H](O)[C@@H](OC)C(=O)[C@H](C)C[C@H](C)\C=C/C=C\C=C(\C)[C@@H](OC)C[C@@H]3CC[C@@H](C)[C@@](O)(O3)C(=O)C(=O)N3CCCC[C@H]3C(=O)O2)C[C@H]1OC. The van der Waals surface area contributed by atoms with E-state index in [0.29, 0.717) is 76.8 Å². The number of carbonyl (C=O) groups is 5. The summed E-state index contributed by atoms with van der Waals surface area (Å²) in [4.78, 5) is 72.4. The summed E-state index contributed by atoms with van der Waals surface area (Å²) in [6.45, 7) is 16.4. The molecule has 3 heterocycles. The maximum absolute atomic E-state index is 14.5. The highest BCUT2D eigenvalue weighted by Gasteiger charge is 2.53. The quantitative estimate of drug-likeness (QED) is 0.0911. The third-order valence-electron chi connectivity index (χ3n) is 15.2. The Morgan fingerprint density at radius 1 is 0.843 bits per heavy atom. The maximum atomic E-state index is 14.5. The van der Waals surface area contributed by atoms with Crippen LogP contribution in [0.2, 0.25) is 0 Å². The first-order valence-corrected chi connectivity index (χ1v) is 26.0. The zero-order chi connectivity index (χ0) is 51.7. The summed E-state index contributed by atoms with van der Waals surface area (Å²) >= 11 is 0. The minimum Gasteiger partial charge on any atom is -0.460 e. The average Bonchev–Trinajstić information content (AvgIpc) is 3.34. The Kier molecular flexibility index (Phi) is 24.3. The predicted molar refractivity (Wildman–Crippen MR) is 265 cm³/mol. The molecule has 0 spiro atoms. The Bertz CT molecular complexity index is 1840. The van der Waals surface area contributed by atoms with Gasteiger partial charge < -0.3 is 48.3 Å². The number of rotatable bonds is 11. The highest BCUT2D eigenvalue weighted by molar-refractivity contribution is 6.39. The van der Waals surface area contributed by atoms with Crippen molar-refractivity contribution in [2.75, 3.05) is 47.7 Å². The lowest BCUT2D eigenvalue weighted by molar-refractivity contribution is -0.265. The number of piperidine rings is 1. The molecule has 15 atom stereocenters. The molecule has 3 aliphatic heterocycles. The molecule has 0 radical (unpaired) electrons. The number of ether oxygens (including phenoxy) is 7. The summed E-state index contributed by atoms with van der Waals surface area (Å²) in [5.74, 6) is -7.83. The molecule has 0 unspecified atom stereocenters. The van der Waals surface area contributed by atoms with Crippen LogP contribution in [0.1, 0.15) is 132 Å². The number of hydrogen-bond donors (Lipinski definition) is 2. The normalized spacial score (nSPS) is 38.4. The number of amides is 1. The van der Waals surface area contributed by atoms with Crippen LogP contribution < -0.4 is 0 Å². The maximum Gasteiger partial charge on any atom is 0.329 e. The van der Waals surface area contributed by atoms with Gasteiger partial charge in [-0.3, -0.25) is 19.2 Å². The van der Waals surface area contributed by atoms with Gasteiger partial charge in [-0.2, -0.15) is 0 Å². The molecule has 3 fully saturated rings. The zero-order valence-electron chi connectivity index (χ0n) is 44.1. The van der Waals surface area contributed by atoms with E-state index in [1.165, 1.54) is 12.0 Å². The van der Waals surface area contributed by atoms with Gasteiger partial charge in [0.15, 0.2) is 5.78 Å². The van der Waals surface area contributed by atoms with Crippen molar-refractivity contribution in [3.8, 4) is 0 Å². The van der Waals surface area contributed by atoms with Crippen LogP contribution in [0.25, 0.3) is 0 Å². The van der Waals surface area contributed by atoms with Crippen LogP contribution in [-0.2, 0) is 57.1 Å². The Hall–Kier alpha value is -3.41. The second-order valence-electron chi connectivity index (χ2n) is 20.6. The molecule has 2 bridgehead atoms. The van der Waals surface area contributed by atoms with Crippen molar-refractivity contribution in [2.24, 2.45) is 35.5 Å². The molecule has 4 rings (SSSR count). The number of carbonyl (C=O) groups excluding carboxylic acids is 5. The molecule has 396 valence electrons. The molecular formula is C55H87NO14. The van der Waals surface area contributed by atoms with Gasteiger partial charge in [-0.1, -0.05) is 71.1 Å². The number of allylic oxidation sites excluding steroid dienone is 6. The summed E-state index contributed by atoms with van der Waals surface area (Å²) in [6.07, 6.45) is 12.4. The lowest BCUT2D eigenvalue weighted by atomic mass is 9.78. The van der Waals surface area contributed by atoms with Crippen molar-refractivity contribution in [1.82, 2.24) is 4.90 Å². The van der Waals surface area contributed by atoms with Crippen LogP contribution in [0, 0.1) is 35.5 Å². The number of hydrogen-bond acceptors (Lipinski definition) is 14. The average molecular weight is 986 g/mol. The number of methoxy groups -OCH3 is 3. The molecule has 0 aromatic heterocycles. The lowest BCUT2D eigenvalue weighted by Crippen LogP contribution is -2.61. The number of nitrogens with zero attached hydrogens (tertiary/aromatic N) is 1. The van der Waals surface area contributed by atoms with Gasteiger partial charge >= 0.3 is 5.97 Å². The summed E-state index contributed by atoms with van der Waals surface area (Å²) in [5, 5.41) is 23.5. The standard InChI is InChI=1S/C55H87NO14/c1-12-67-26-27-68-45-24-22-41(31-48(45)65-10)30-37(5)47-33-44(57)36(4)29-39(7)50(59)51(66-11)49(58)38(6)28-34(2)18-14-13-15-19-35(3)46(64-9)32-42-23-21-40(8)55(63,70-42)52(60)53(61)56-25-17-16-20-43(56)54(62)69-47/h13-15,18-19,29,34,36-38,40-43,45-48,50-51,59,63H,12,16-17,20-28,30-33H2,1-11H3/b15-13-,18-14-,35-19-,39-29-/t34-,36-,37-,38-,40-,41+,42+,43+,45-,46+,47+,48-,50-,51+,55-/m1/s1. The molecular weight excluding hydrogens is 899 g/mol. The van der Waals surface area contributed by atoms with Gasteiger partial charge in [0.2, 0.25) is 5.79 Å². The van der Waals surface area contributed by atoms with Crippen molar-refractivity contribution < 1.29 is 67.3 Å². The van der Waals surface area contributed by atoms with Crippen molar-refractivity contribution in [3.63, 3.8) is 0 Å². The summed E-state index contributed by atoms with van der Waals surface area (Å²) < 4.78 is 41.5. The van der Waals surface area contributed by atoms with Crippen molar-refractivity contribution in [2.45, 2.75) is 187 Å². The molecule has 4 aliphatic rings. The topological polar surface area (TPSA) is 194 Å². The van der Waals surface area contributed by atoms with Crippen LogP contribution in [-0.4, -0.2) is 147 Å². The van der Waals surface area contributed by atoms with E-state index in [-0.39, 0.29) is 60.9 Å². The van der Waals surface area contributed by atoms with Crippen LogP contribution in [0.3, 0.4) is 0 Å². The highest BCUT2D eigenvalue weighted by atomic mass is 16.6. The van der Waals surface area contributed by atoms with E-state index in [1.54, 1.807) is 41.1 Å². The first-order valence-electron chi connectivity index (χ1n) is 26.0. The van der Waals surface area contributed by atoms with Gasteiger partial charge in [0.25, 0.3) is 11.7 Å². The van der Waals surface area contributed by atoms with E-state index in [1.807, 2.05) is 65.0 Å². The van der Waals surface area contributed by atoms with Gasteiger partial charge in [-0.25, -0.2) is 4.79 Å². The van der Waals surface area contributed by atoms with Crippen LogP contribution in [0.15, 0.2) is 47.6 Å². The van der Waals surface area contributed by atoms with Gasteiger partial charge in [-0.05, 0) is 114 Å². The molecule has 2 N–H and O–H groups in total. The number of fused-ring (bicyclic) bond motifs is 3. The second-order valence-corrected chi connectivity index (χ2v) is 20.6. The van der Waals surface area contributed by atoms with E-state index in [2.05, 4.69) is 0 Å². The summed E-state index contributed by atoms with van der Waals surface area (Å²) in [6, 6.07) is -1.14. The largest absolute Gasteiger partial charge is 0.460 e. The molecule has 1 aliphatic carbocycles. The molecule has 0 aromatic rings. The predicted octanol–water partition coefficient (Wildman–Crippen LogP) is 7.24. The van der Waals surface area contributed by atoms with E-state index in [0.717, 1.165) is 18.4 Å². The monoisotopic (exact) mass is 986 g/mol. The molecule has 70 heavy (non-hydrogen) atoms. The number of aliphatic hydroxyl groups is 2. The molecule has 1 amide bonds. The van der Waals surface area contributed by atoms with E-state index >= 15 is 0 Å². The highest BCUT2D eigenvalue weighted by Crippen LogP contribution is 2.38. The first kappa shape index (κ1) is 59.2. The smallest absolute Gasteiger partial charge is 0.329 e. The molecule has 0 aromatic carbocycles. The molecule has 1 saturated carbocycles. The van der Waals surface area contributed by atoms with E-state index in [4.69, 9.17) is 33.2 Å². The van der Waals surface area contributed by atoms with Gasteiger partial charge in [0, 0.05) is 65.1 Å². The van der Waals surface area contributed by atoms with Crippen molar-refractivity contribution >= 4 is 29.2 Å². The van der Waals surface area contributed by atoms with E-state index in [9.17, 15) is 34.2 Å². The van der Waals surface area contributed by atoms with Crippen LogP contribution in [0.4, 0.5) is 0 Å². The lowest BCUT2D eigenvalue weighted by Gasteiger charge is -2.42. The van der Waals surface area contributed by atoms with Crippen LogP contribution in [0.5, 0.6) is 0 Å². The number of esters is 1. The fraction of sp³-hybridized carbons (Fsp3) is 0.764. The fourth-order valence-electron chi connectivity index (χ4n) is 10.7. The number of aliphatic hydroxyl groups excluding tert-OH is 1. The minimum atomic E-state index is -2.43. The van der Waals surface area contributed by atoms with Crippen LogP contribution >= 0.6 is 0 Å². The third-order valence-corrected chi connectivity index (χ3v) is 15.2. The number of Topliss-reactive ketones (excluding diaryl/α,β-unsaturated/α-hetero) is 3. The fourth-order valence-corrected chi connectivity index (χ4v) is 10.7. The second kappa shape index (κ2) is 28.7. The Balaban J connectivity index is 1.68. The summed E-state index contributed by atoms with van der Waals surface area (Å²) in [7, 11) is 4.64.